The Labute approximate surface area is 213 Å². The van der Waals surface area contributed by atoms with E-state index >= 15 is 0 Å². The molecular weight excluding hydrogens is 460 g/mol. The number of fused-ring (bicyclic) bond motifs is 1. The molecule has 1 aromatic rings. The van der Waals surface area contributed by atoms with E-state index < -0.39 is 23.3 Å². The van der Waals surface area contributed by atoms with E-state index in [4.69, 9.17) is 16.2 Å². The Kier molecular flexibility index (Phi) is 8.94. The minimum atomic E-state index is -1.13. The molecule has 0 bridgehead atoms. The van der Waals surface area contributed by atoms with Crippen molar-refractivity contribution in [3.63, 3.8) is 0 Å². The van der Waals surface area contributed by atoms with E-state index in [0.29, 0.717) is 32.2 Å². The fourth-order valence-corrected chi connectivity index (χ4v) is 5.13. The van der Waals surface area contributed by atoms with Crippen LogP contribution in [-0.4, -0.2) is 65.1 Å². The first-order chi connectivity index (χ1) is 17.0. The largest absolute Gasteiger partial charge is 0.444 e. The maximum atomic E-state index is 14.1. The number of carbonyl (C=O) groups is 3. The van der Waals surface area contributed by atoms with Crippen molar-refractivity contribution in [1.29, 1.82) is 0 Å². The molecule has 2 fully saturated rings. The SMILES string of the molecule is CC(C)(C)OC(=O)N[C@]1(Cc2ccccc2)CC[C@@H]2CC[C@@H](NC(C=O)CCCN=C(N)N)N2C1=O. The summed E-state index contributed by atoms with van der Waals surface area (Å²) in [5.74, 6) is -0.121. The predicted molar refractivity (Wildman–Crippen MR) is 138 cm³/mol. The van der Waals surface area contributed by atoms with Gasteiger partial charge < -0.3 is 31.2 Å². The average Bonchev–Trinajstić information content (AvgIpc) is 3.20. The van der Waals surface area contributed by atoms with E-state index in [2.05, 4.69) is 15.6 Å². The third-order valence-electron chi connectivity index (χ3n) is 6.68. The van der Waals surface area contributed by atoms with Crippen molar-refractivity contribution in [2.75, 3.05) is 6.54 Å². The molecule has 2 amide bonds. The monoisotopic (exact) mass is 500 g/mol. The number of aliphatic imine (C=N–C) groups is 1. The number of hydrogen-bond donors (Lipinski definition) is 4. The van der Waals surface area contributed by atoms with Gasteiger partial charge in [-0.3, -0.25) is 15.1 Å². The normalized spacial score (nSPS) is 24.5. The molecule has 0 spiro atoms. The van der Waals surface area contributed by atoms with Gasteiger partial charge in [0.25, 0.3) is 0 Å². The third-order valence-corrected chi connectivity index (χ3v) is 6.68. The zero-order valence-electron chi connectivity index (χ0n) is 21.5. The molecule has 1 unspecified atom stereocenters. The average molecular weight is 501 g/mol. The van der Waals surface area contributed by atoms with Crippen LogP contribution in [0, 0.1) is 0 Å². The van der Waals surface area contributed by atoms with Crippen LogP contribution in [0.4, 0.5) is 4.79 Å². The smallest absolute Gasteiger partial charge is 0.408 e. The van der Waals surface area contributed by atoms with Crippen molar-refractivity contribution in [1.82, 2.24) is 15.5 Å². The first kappa shape index (κ1) is 27.4. The topological polar surface area (TPSA) is 152 Å². The second-order valence-electron chi connectivity index (χ2n) is 10.7. The molecule has 0 saturated carbocycles. The van der Waals surface area contributed by atoms with Gasteiger partial charge in [0, 0.05) is 19.0 Å². The highest BCUT2D eigenvalue weighted by atomic mass is 16.6. The maximum absolute atomic E-state index is 14.1. The number of nitrogens with two attached hydrogens (primary N) is 2. The van der Waals surface area contributed by atoms with Crippen LogP contribution in [-0.2, 0) is 20.7 Å². The molecule has 0 aliphatic carbocycles. The molecule has 36 heavy (non-hydrogen) atoms. The van der Waals surface area contributed by atoms with E-state index in [1.54, 1.807) is 20.8 Å². The highest BCUT2D eigenvalue weighted by Crippen LogP contribution is 2.38. The Hall–Kier alpha value is -3.14. The molecule has 2 saturated heterocycles. The number of hydrogen-bond acceptors (Lipinski definition) is 6. The van der Waals surface area contributed by atoms with Crippen LogP contribution in [0.15, 0.2) is 35.3 Å². The predicted octanol–water partition coefficient (Wildman–Crippen LogP) is 1.81. The van der Waals surface area contributed by atoms with Crippen LogP contribution >= 0.6 is 0 Å². The molecule has 198 valence electrons. The Morgan fingerprint density at radius 3 is 2.61 bits per heavy atom. The number of nitrogens with one attached hydrogen (secondary N) is 2. The van der Waals surface area contributed by atoms with Gasteiger partial charge in [-0.05, 0) is 64.9 Å². The molecule has 0 aromatic heterocycles. The van der Waals surface area contributed by atoms with Gasteiger partial charge >= 0.3 is 6.09 Å². The van der Waals surface area contributed by atoms with E-state index in [9.17, 15) is 14.4 Å². The molecule has 4 atom stereocenters. The minimum Gasteiger partial charge on any atom is -0.444 e. The highest BCUT2D eigenvalue weighted by Gasteiger charge is 2.53. The number of piperidine rings is 1. The molecule has 10 nitrogen and oxygen atoms in total. The molecule has 2 aliphatic heterocycles. The summed E-state index contributed by atoms with van der Waals surface area (Å²) in [6.07, 6.45) is 4.36. The van der Waals surface area contributed by atoms with E-state index in [1.807, 2.05) is 35.2 Å². The Balaban J connectivity index is 1.79. The quantitative estimate of drug-likeness (QED) is 0.165. The Morgan fingerprint density at radius 1 is 1.25 bits per heavy atom. The number of aldehydes is 1. The van der Waals surface area contributed by atoms with Gasteiger partial charge in [0.15, 0.2) is 5.96 Å². The van der Waals surface area contributed by atoms with Crippen molar-refractivity contribution >= 4 is 24.2 Å². The summed E-state index contributed by atoms with van der Waals surface area (Å²) in [7, 11) is 0. The van der Waals surface area contributed by atoms with Crippen molar-refractivity contribution in [2.45, 2.75) is 95.1 Å². The summed E-state index contributed by atoms with van der Waals surface area (Å²) >= 11 is 0. The summed E-state index contributed by atoms with van der Waals surface area (Å²) in [4.78, 5) is 44.6. The highest BCUT2D eigenvalue weighted by molar-refractivity contribution is 5.92. The zero-order valence-corrected chi connectivity index (χ0v) is 21.5. The van der Waals surface area contributed by atoms with Crippen molar-refractivity contribution in [3.05, 3.63) is 35.9 Å². The van der Waals surface area contributed by atoms with Gasteiger partial charge in [-0.15, -0.1) is 0 Å². The standard InChI is InChI=1S/C26H40N6O4/c1-25(2,3)36-24(35)31-26(16-18-8-5-4-6-9-18)14-13-20-11-12-21(32(20)22(26)34)30-19(17-33)10-7-15-29-23(27)28/h4-6,8-9,17,19-21,30H,7,10-16H2,1-3H3,(H,31,35)(H4,27,28,29)/t19?,20-,21-,26-/m0/s1. The maximum Gasteiger partial charge on any atom is 0.408 e. The van der Waals surface area contributed by atoms with Crippen LogP contribution in [0.25, 0.3) is 0 Å². The molecule has 2 heterocycles. The van der Waals surface area contributed by atoms with Crippen LogP contribution in [0.5, 0.6) is 0 Å². The molecule has 2 aliphatic rings. The van der Waals surface area contributed by atoms with Crippen molar-refractivity contribution < 1.29 is 19.1 Å². The van der Waals surface area contributed by atoms with E-state index in [0.717, 1.165) is 31.1 Å². The van der Waals surface area contributed by atoms with E-state index in [-0.39, 0.29) is 24.1 Å². The molecule has 1 aromatic carbocycles. The molecular formula is C26H40N6O4. The lowest BCUT2D eigenvalue weighted by atomic mass is 9.80. The lowest BCUT2D eigenvalue weighted by Gasteiger charge is -2.46. The minimum absolute atomic E-state index is 0.0235. The third kappa shape index (κ3) is 7.19. The Morgan fingerprint density at radius 2 is 1.97 bits per heavy atom. The van der Waals surface area contributed by atoms with Gasteiger partial charge in [-0.2, -0.15) is 0 Å². The van der Waals surface area contributed by atoms with Crippen LogP contribution in [0.1, 0.15) is 64.9 Å². The summed E-state index contributed by atoms with van der Waals surface area (Å²) < 4.78 is 5.53. The van der Waals surface area contributed by atoms with Crippen molar-refractivity contribution in [3.8, 4) is 0 Å². The number of carbonyl (C=O) groups excluding carboxylic acids is 3. The number of amides is 2. The summed E-state index contributed by atoms with van der Waals surface area (Å²) in [6.45, 7) is 5.82. The van der Waals surface area contributed by atoms with Gasteiger partial charge in [-0.1, -0.05) is 30.3 Å². The number of guanidine groups is 1. The van der Waals surface area contributed by atoms with Gasteiger partial charge in [-0.25, -0.2) is 4.79 Å². The van der Waals surface area contributed by atoms with Crippen LogP contribution in [0.3, 0.4) is 0 Å². The fourth-order valence-electron chi connectivity index (χ4n) is 5.13. The summed E-state index contributed by atoms with van der Waals surface area (Å²) in [6, 6.07) is 9.30. The second-order valence-corrected chi connectivity index (χ2v) is 10.7. The number of alkyl carbamates (subject to hydrolysis) is 1. The summed E-state index contributed by atoms with van der Waals surface area (Å²) in [5.41, 5.74) is 9.88. The first-order valence-electron chi connectivity index (χ1n) is 12.7. The van der Waals surface area contributed by atoms with E-state index in [1.165, 1.54) is 0 Å². The molecule has 0 radical (unpaired) electrons. The number of rotatable bonds is 10. The second kappa shape index (κ2) is 11.7. The fraction of sp³-hybridized carbons (Fsp3) is 0.615. The lowest BCUT2D eigenvalue weighted by molar-refractivity contribution is -0.147. The van der Waals surface area contributed by atoms with Crippen molar-refractivity contribution in [2.24, 2.45) is 16.5 Å². The number of benzene rings is 1. The lowest BCUT2D eigenvalue weighted by Crippen LogP contribution is -2.68. The van der Waals surface area contributed by atoms with Gasteiger partial charge in [0.2, 0.25) is 5.91 Å². The van der Waals surface area contributed by atoms with Crippen LogP contribution < -0.4 is 22.1 Å². The number of nitrogens with zero attached hydrogens (tertiary/aromatic N) is 2. The Bertz CT molecular complexity index is 944. The molecule has 3 rings (SSSR count). The van der Waals surface area contributed by atoms with Gasteiger partial charge in [0.05, 0.1) is 12.2 Å². The number of ether oxygens (including phenoxy) is 1. The molecule has 6 N–H and O–H groups in total. The summed E-state index contributed by atoms with van der Waals surface area (Å²) in [5, 5.41) is 6.31. The van der Waals surface area contributed by atoms with Crippen LogP contribution in [0.2, 0.25) is 0 Å². The zero-order chi connectivity index (χ0) is 26.3. The molecule has 10 heteroatoms. The first-order valence-corrected chi connectivity index (χ1v) is 12.7. The van der Waals surface area contributed by atoms with Gasteiger partial charge in [0.1, 0.15) is 17.4 Å².